The molecule has 9 heteroatoms. The zero-order valence-electron chi connectivity index (χ0n) is 17.8. The number of aromatic nitrogens is 1. The molecule has 4 rings (SSSR count). The van der Waals surface area contributed by atoms with Crippen LogP contribution in [0, 0.1) is 0 Å². The van der Waals surface area contributed by atoms with Crippen LogP contribution in [0.3, 0.4) is 0 Å². The zero-order valence-corrected chi connectivity index (χ0v) is 19.4. The predicted molar refractivity (Wildman–Crippen MR) is 132 cm³/mol. The van der Waals surface area contributed by atoms with Gasteiger partial charge in [0.15, 0.2) is 10.7 Å². The van der Waals surface area contributed by atoms with E-state index in [0.29, 0.717) is 39.1 Å². The third-order valence-corrected chi connectivity index (χ3v) is 5.49. The molecule has 0 fully saturated rings. The number of hydrogen-bond donors (Lipinski definition) is 3. The van der Waals surface area contributed by atoms with E-state index in [1.807, 2.05) is 18.2 Å². The highest BCUT2D eigenvalue weighted by Crippen LogP contribution is 2.33. The van der Waals surface area contributed by atoms with E-state index in [1.165, 1.54) is 19.2 Å². The van der Waals surface area contributed by atoms with Crippen molar-refractivity contribution < 1.29 is 19.1 Å². The average Bonchev–Trinajstić information content (AvgIpc) is 3.21. The first kappa shape index (κ1) is 22.6. The number of hydrogen-bond acceptors (Lipinski definition) is 6. The summed E-state index contributed by atoms with van der Waals surface area (Å²) in [6.07, 6.45) is 0.895. The van der Waals surface area contributed by atoms with E-state index in [0.717, 1.165) is 17.5 Å². The van der Waals surface area contributed by atoms with E-state index in [-0.39, 0.29) is 10.9 Å². The number of aryl methyl sites for hydroxylation is 1. The van der Waals surface area contributed by atoms with Gasteiger partial charge in [-0.3, -0.25) is 10.1 Å². The molecule has 1 amide bonds. The van der Waals surface area contributed by atoms with Crippen LogP contribution in [0.2, 0.25) is 5.02 Å². The van der Waals surface area contributed by atoms with Gasteiger partial charge in [-0.25, -0.2) is 4.98 Å². The predicted octanol–water partition coefficient (Wildman–Crippen LogP) is 5.55. The first-order valence-electron chi connectivity index (χ1n) is 10.1. The molecule has 1 heterocycles. The summed E-state index contributed by atoms with van der Waals surface area (Å²) in [6.45, 7) is 2.07. The Morgan fingerprint density at radius 2 is 2.00 bits per heavy atom. The van der Waals surface area contributed by atoms with Crippen molar-refractivity contribution in [2.24, 2.45) is 0 Å². The molecular formula is C24H20ClN3O4S. The maximum absolute atomic E-state index is 12.4. The largest absolute Gasteiger partial charge is 0.507 e. The summed E-state index contributed by atoms with van der Waals surface area (Å²) in [4.78, 5) is 16.9. The molecule has 168 valence electrons. The Balaban J connectivity index is 1.46. The van der Waals surface area contributed by atoms with E-state index in [2.05, 4.69) is 22.5 Å². The number of carbonyl (C=O) groups excluding carboxylic acids is 1. The number of amides is 1. The Morgan fingerprint density at radius 3 is 2.70 bits per heavy atom. The second kappa shape index (κ2) is 9.48. The van der Waals surface area contributed by atoms with Gasteiger partial charge in [0, 0.05) is 17.3 Å². The fourth-order valence-corrected chi connectivity index (χ4v) is 3.71. The van der Waals surface area contributed by atoms with Crippen molar-refractivity contribution >= 4 is 51.6 Å². The highest BCUT2D eigenvalue weighted by atomic mass is 35.5. The average molecular weight is 482 g/mol. The van der Waals surface area contributed by atoms with Gasteiger partial charge in [-0.05, 0) is 66.7 Å². The van der Waals surface area contributed by atoms with Gasteiger partial charge in [0.25, 0.3) is 5.91 Å². The lowest BCUT2D eigenvalue weighted by atomic mass is 10.1. The highest BCUT2D eigenvalue weighted by molar-refractivity contribution is 7.80. The number of rotatable bonds is 5. The number of halogens is 1. The lowest BCUT2D eigenvalue weighted by molar-refractivity contribution is 0.0977. The zero-order chi connectivity index (χ0) is 23.5. The van der Waals surface area contributed by atoms with Crippen LogP contribution in [0.1, 0.15) is 22.8 Å². The van der Waals surface area contributed by atoms with Crippen molar-refractivity contribution in [3.05, 3.63) is 70.7 Å². The smallest absolute Gasteiger partial charge is 0.257 e. The van der Waals surface area contributed by atoms with Gasteiger partial charge in [0.05, 0.1) is 17.7 Å². The number of fused-ring (bicyclic) bond motifs is 1. The molecule has 0 aliphatic heterocycles. The third kappa shape index (κ3) is 4.92. The fourth-order valence-electron chi connectivity index (χ4n) is 3.24. The summed E-state index contributed by atoms with van der Waals surface area (Å²) in [6, 6.07) is 15.3. The number of ether oxygens (including phenoxy) is 1. The van der Waals surface area contributed by atoms with Gasteiger partial charge in [-0.15, -0.1) is 0 Å². The molecule has 3 aromatic carbocycles. The minimum atomic E-state index is -0.434. The molecule has 0 aliphatic rings. The quantitative estimate of drug-likeness (QED) is 0.321. The Labute approximate surface area is 200 Å². The lowest BCUT2D eigenvalue weighted by Gasteiger charge is -2.11. The molecule has 0 saturated heterocycles. The van der Waals surface area contributed by atoms with Gasteiger partial charge < -0.3 is 19.6 Å². The third-order valence-electron chi connectivity index (χ3n) is 4.99. The first-order chi connectivity index (χ1) is 15.9. The molecule has 0 atom stereocenters. The van der Waals surface area contributed by atoms with Gasteiger partial charge >= 0.3 is 0 Å². The van der Waals surface area contributed by atoms with Crippen LogP contribution in [-0.2, 0) is 6.42 Å². The Bertz CT molecular complexity index is 1370. The molecule has 0 saturated carbocycles. The maximum atomic E-state index is 12.4. The molecule has 0 aliphatic carbocycles. The fraction of sp³-hybridized carbons (Fsp3) is 0.125. The summed E-state index contributed by atoms with van der Waals surface area (Å²) in [5.41, 5.74) is 3.78. The van der Waals surface area contributed by atoms with Crippen LogP contribution < -0.4 is 15.4 Å². The van der Waals surface area contributed by atoms with E-state index in [9.17, 15) is 9.90 Å². The van der Waals surface area contributed by atoms with Gasteiger partial charge in [-0.2, -0.15) is 0 Å². The number of nitrogens with one attached hydrogen (secondary N) is 2. The van der Waals surface area contributed by atoms with Gasteiger partial charge in [-0.1, -0.05) is 24.6 Å². The van der Waals surface area contributed by atoms with Crippen LogP contribution in [-0.4, -0.2) is 28.2 Å². The minimum absolute atomic E-state index is 0.0432. The molecular weight excluding hydrogens is 462 g/mol. The van der Waals surface area contributed by atoms with Crippen LogP contribution in [0.4, 0.5) is 5.69 Å². The monoisotopic (exact) mass is 481 g/mol. The standard InChI is InChI=1S/C24H20ClN3O4S/c1-3-13-4-8-21-18(10-13)27-23(32-21)16-7-6-15(12-19(16)29)26-24(33)28-22(30)14-5-9-20(31-2)17(25)11-14/h4-12,29H,3H2,1-2H3,(H2,26,28,30,33). The second-order valence-electron chi connectivity index (χ2n) is 7.16. The number of benzene rings is 3. The number of carbonyl (C=O) groups is 1. The van der Waals surface area contributed by atoms with E-state index < -0.39 is 5.91 Å². The summed E-state index contributed by atoms with van der Waals surface area (Å²) in [5.74, 6) is 0.304. The van der Waals surface area contributed by atoms with Crippen molar-refractivity contribution in [3.63, 3.8) is 0 Å². The summed E-state index contributed by atoms with van der Waals surface area (Å²) in [5, 5.41) is 16.3. The number of methoxy groups -OCH3 is 1. The lowest BCUT2D eigenvalue weighted by Crippen LogP contribution is -2.34. The molecule has 7 nitrogen and oxygen atoms in total. The minimum Gasteiger partial charge on any atom is -0.507 e. The SMILES string of the molecule is CCc1ccc2oc(-c3ccc(NC(=S)NC(=O)c4ccc(OC)c(Cl)c4)cc3O)nc2c1. The molecule has 4 aromatic rings. The van der Waals surface area contributed by atoms with E-state index in [4.69, 9.17) is 33.0 Å². The topological polar surface area (TPSA) is 96.6 Å². The second-order valence-corrected chi connectivity index (χ2v) is 7.98. The Morgan fingerprint density at radius 1 is 1.18 bits per heavy atom. The molecule has 33 heavy (non-hydrogen) atoms. The van der Waals surface area contributed by atoms with E-state index in [1.54, 1.807) is 24.3 Å². The Hall–Kier alpha value is -3.62. The van der Waals surface area contributed by atoms with Crippen LogP contribution in [0.5, 0.6) is 11.5 Å². The summed E-state index contributed by atoms with van der Waals surface area (Å²) in [7, 11) is 1.49. The number of anilines is 1. The molecule has 0 spiro atoms. The summed E-state index contributed by atoms with van der Waals surface area (Å²) < 4.78 is 10.9. The number of nitrogens with zero attached hydrogens (tertiary/aromatic N) is 1. The molecule has 0 radical (unpaired) electrons. The molecule has 1 aromatic heterocycles. The summed E-state index contributed by atoms with van der Waals surface area (Å²) >= 11 is 11.3. The van der Waals surface area contributed by atoms with Crippen LogP contribution in [0.15, 0.2) is 59.0 Å². The number of aromatic hydroxyl groups is 1. The van der Waals surface area contributed by atoms with Crippen molar-refractivity contribution in [2.45, 2.75) is 13.3 Å². The maximum Gasteiger partial charge on any atom is 0.257 e. The Kier molecular flexibility index (Phi) is 6.48. The van der Waals surface area contributed by atoms with Crippen LogP contribution in [0.25, 0.3) is 22.6 Å². The number of thiocarbonyl (C=S) groups is 1. The first-order valence-corrected chi connectivity index (χ1v) is 10.8. The van der Waals surface area contributed by atoms with Crippen molar-refractivity contribution in [2.75, 3.05) is 12.4 Å². The van der Waals surface area contributed by atoms with Gasteiger partial charge in [0.2, 0.25) is 5.89 Å². The normalized spacial score (nSPS) is 10.8. The van der Waals surface area contributed by atoms with Crippen molar-refractivity contribution in [3.8, 4) is 23.0 Å². The highest BCUT2D eigenvalue weighted by Gasteiger charge is 2.15. The molecule has 0 bridgehead atoms. The van der Waals surface area contributed by atoms with Crippen molar-refractivity contribution in [1.29, 1.82) is 0 Å². The van der Waals surface area contributed by atoms with E-state index >= 15 is 0 Å². The molecule has 3 N–H and O–H groups in total. The number of phenolic OH excluding ortho intramolecular Hbond substituents is 1. The van der Waals surface area contributed by atoms with Crippen LogP contribution >= 0.6 is 23.8 Å². The van der Waals surface area contributed by atoms with Crippen molar-refractivity contribution in [1.82, 2.24) is 10.3 Å². The number of oxazole rings is 1. The van der Waals surface area contributed by atoms with Gasteiger partial charge in [0.1, 0.15) is 17.0 Å². The molecule has 0 unspecified atom stereocenters. The number of phenols is 1.